The van der Waals surface area contributed by atoms with Crippen LogP contribution in [0.2, 0.25) is 5.02 Å². The molecule has 13 heteroatoms. The predicted molar refractivity (Wildman–Crippen MR) is 161 cm³/mol. The van der Waals surface area contributed by atoms with Crippen molar-refractivity contribution in [1.29, 1.82) is 5.41 Å². The van der Waals surface area contributed by atoms with Gasteiger partial charge in [0.25, 0.3) is 0 Å². The molecule has 9 nitrogen and oxygen atoms in total. The molecule has 0 bridgehead atoms. The van der Waals surface area contributed by atoms with Gasteiger partial charge in [0.1, 0.15) is 17.7 Å². The van der Waals surface area contributed by atoms with E-state index in [4.69, 9.17) is 27.5 Å². The maximum absolute atomic E-state index is 12.9. The van der Waals surface area contributed by atoms with Crippen LogP contribution < -0.4 is 14.8 Å². The van der Waals surface area contributed by atoms with Crippen LogP contribution in [-0.2, 0) is 19.3 Å². The molecule has 2 aromatic rings. The molecule has 0 aromatic heterocycles. The van der Waals surface area contributed by atoms with Gasteiger partial charge in [-0.25, -0.2) is 4.31 Å². The highest BCUT2D eigenvalue weighted by Gasteiger charge is 2.27. The second kappa shape index (κ2) is 15.3. The molecule has 0 saturated carbocycles. The molecule has 1 aliphatic heterocycles. The molecule has 0 radical (unpaired) electrons. The van der Waals surface area contributed by atoms with Gasteiger partial charge in [-0.1, -0.05) is 42.0 Å². The molecule has 0 spiro atoms. The van der Waals surface area contributed by atoms with Gasteiger partial charge in [-0.15, -0.1) is 24.8 Å². The number of hydrogen-bond donors (Lipinski definition) is 2. The number of piperidine rings is 1. The van der Waals surface area contributed by atoms with Crippen molar-refractivity contribution in [1.82, 2.24) is 4.90 Å². The number of benzene rings is 2. The molecular weight excluding hydrogens is 587 g/mol. The van der Waals surface area contributed by atoms with Crippen molar-refractivity contribution in [3.63, 3.8) is 0 Å². The fourth-order valence-electron chi connectivity index (χ4n) is 4.04. The van der Waals surface area contributed by atoms with Gasteiger partial charge in [0.05, 0.1) is 17.3 Å². The average molecular weight is 622 g/mol. The lowest BCUT2D eigenvalue weighted by Crippen LogP contribution is -2.41. The van der Waals surface area contributed by atoms with Crippen molar-refractivity contribution >= 4 is 70.3 Å². The van der Waals surface area contributed by atoms with Crippen molar-refractivity contribution in [2.24, 2.45) is 5.73 Å². The van der Waals surface area contributed by atoms with Crippen LogP contribution in [-0.4, -0.2) is 56.9 Å². The average Bonchev–Trinajstić information content (AvgIpc) is 2.83. The third-order valence-electron chi connectivity index (χ3n) is 5.98. The Morgan fingerprint density at radius 1 is 1.21 bits per heavy atom. The normalized spacial score (nSPS) is 14.4. The van der Waals surface area contributed by atoms with E-state index in [-0.39, 0.29) is 54.0 Å². The molecule has 0 amide bonds. The summed E-state index contributed by atoms with van der Waals surface area (Å²) in [5.41, 5.74) is 7.03. The Bertz CT molecular complexity index is 1270. The number of hydrogen-bond acceptors (Lipinski definition) is 7. The second-order valence-electron chi connectivity index (χ2n) is 9.07. The van der Waals surface area contributed by atoms with Crippen LogP contribution in [0, 0.1) is 5.41 Å². The number of nitrogens with zero attached hydrogens (tertiary/aromatic N) is 2. The quantitative estimate of drug-likeness (QED) is 0.281. The van der Waals surface area contributed by atoms with E-state index in [0.29, 0.717) is 17.4 Å². The van der Waals surface area contributed by atoms with Gasteiger partial charge in [0, 0.05) is 31.6 Å². The van der Waals surface area contributed by atoms with Crippen molar-refractivity contribution in [3.8, 4) is 5.75 Å². The zero-order chi connectivity index (χ0) is 27.2. The largest absolute Gasteiger partial charge is 0.489 e. The second-order valence-corrected chi connectivity index (χ2v) is 10.9. The highest BCUT2D eigenvalue weighted by Crippen LogP contribution is 2.33. The van der Waals surface area contributed by atoms with Crippen LogP contribution in [0.3, 0.4) is 0 Å². The molecule has 216 valence electrons. The highest BCUT2D eigenvalue weighted by molar-refractivity contribution is 7.88. The van der Waals surface area contributed by atoms with Crippen molar-refractivity contribution in [3.05, 3.63) is 64.7 Å². The molecule has 0 aliphatic carbocycles. The van der Waals surface area contributed by atoms with E-state index in [0.717, 1.165) is 42.7 Å². The Morgan fingerprint density at radius 2 is 1.87 bits per heavy atom. The SMILES string of the molecule is CC(=O)OS(=O)(=O)N(C/C=C/c1cccc(C(=N)N)c1)c1ccc(OC2CCN(C(C)C)CC2)c(Cl)c1.Cl.Cl. The Morgan fingerprint density at radius 3 is 2.44 bits per heavy atom. The number of carbonyl (C=O) groups excluding carboxylic acids is 1. The molecule has 1 saturated heterocycles. The van der Waals surface area contributed by atoms with Gasteiger partial charge in [-0.3, -0.25) is 10.2 Å². The summed E-state index contributed by atoms with van der Waals surface area (Å²) in [4.78, 5) is 13.9. The Labute approximate surface area is 247 Å². The van der Waals surface area contributed by atoms with Gasteiger partial charge in [0.2, 0.25) is 0 Å². The van der Waals surface area contributed by atoms with E-state index < -0.39 is 16.3 Å². The fourth-order valence-corrected chi connectivity index (χ4v) is 5.29. The topological polar surface area (TPSA) is 126 Å². The summed E-state index contributed by atoms with van der Waals surface area (Å²) in [5, 5.41) is 7.83. The molecule has 1 aliphatic rings. The number of rotatable bonds is 10. The van der Waals surface area contributed by atoms with Crippen LogP contribution in [0.1, 0.15) is 44.7 Å². The lowest BCUT2D eigenvalue weighted by molar-refractivity contribution is -0.131. The predicted octanol–water partition coefficient (Wildman–Crippen LogP) is 5.05. The number of likely N-dealkylation sites (tertiary alicyclic amines) is 1. The van der Waals surface area contributed by atoms with Gasteiger partial charge in [-0.2, -0.15) is 8.42 Å². The van der Waals surface area contributed by atoms with Crippen molar-refractivity contribution < 1.29 is 22.1 Å². The summed E-state index contributed by atoms with van der Waals surface area (Å²) in [6.07, 6.45) is 5.05. The maximum atomic E-state index is 12.9. The summed E-state index contributed by atoms with van der Waals surface area (Å²) in [6, 6.07) is 12.1. The molecule has 0 unspecified atom stereocenters. The first kappa shape index (κ1) is 34.5. The molecule has 1 heterocycles. The first-order valence-corrected chi connectivity index (χ1v) is 13.7. The number of anilines is 1. The summed E-state index contributed by atoms with van der Waals surface area (Å²) in [6.45, 7) is 7.11. The van der Waals surface area contributed by atoms with E-state index in [2.05, 4.69) is 22.9 Å². The van der Waals surface area contributed by atoms with E-state index in [1.807, 2.05) is 0 Å². The minimum absolute atomic E-state index is 0. The summed E-state index contributed by atoms with van der Waals surface area (Å²) >= 11 is 6.49. The Kier molecular flexibility index (Phi) is 13.6. The van der Waals surface area contributed by atoms with E-state index in [1.165, 1.54) is 6.07 Å². The molecule has 3 rings (SSSR count). The van der Waals surface area contributed by atoms with Crippen LogP contribution in [0.25, 0.3) is 6.08 Å². The van der Waals surface area contributed by atoms with Gasteiger partial charge in [-0.05, 0) is 56.5 Å². The van der Waals surface area contributed by atoms with Gasteiger partial charge in [0.15, 0.2) is 0 Å². The molecular formula is C26H35Cl3N4O5S. The summed E-state index contributed by atoms with van der Waals surface area (Å²) in [5.74, 6) is -0.562. The lowest BCUT2D eigenvalue weighted by atomic mass is 10.1. The first-order chi connectivity index (χ1) is 17.5. The van der Waals surface area contributed by atoms with Crippen molar-refractivity contribution in [2.45, 2.75) is 45.8 Å². The number of nitrogens with two attached hydrogens (primary N) is 1. The van der Waals surface area contributed by atoms with Gasteiger partial charge >= 0.3 is 16.3 Å². The standard InChI is InChI=1S/C26H33ClN4O5S.2ClH/c1-18(2)30-14-11-23(12-15-30)35-25-10-9-22(17-24(25)27)31(37(33,34)36-19(3)32)13-5-7-20-6-4-8-21(16-20)26(28)29;;/h4-10,16-18,23H,11-15H2,1-3H3,(H3,28,29);2*1H/b7-5+;;. The third kappa shape index (κ3) is 9.88. The van der Waals surface area contributed by atoms with Crippen LogP contribution in [0.4, 0.5) is 5.69 Å². The number of nitrogens with one attached hydrogen (secondary N) is 1. The molecule has 3 N–H and O–H groups in total. The van der Waals surface area contributed by atoms with Crippen LogP contribution in [0.15, 0.2) is 48.5 Å². The Balaban J connectivity index is 0.00000380. The lowest BCUT2D eigenvalue weighted by Gasteiger charge is -2.34. The highest BCUT2D eigenvalue weighted by atomic mass is 35.5. The van der Waals surface area contributed by atoms with E-state index >= 15 is 0 Å². The number of ether oxygens (including phenoxy) is 1. The zero-order valence-electron chi connectivity index (χ0n) is 22.0. The molecule has 1 fully saturated rings. The van der Waals surface area contributed by atoms with Crippen molar-refractivity contribution in [2.75, 3.05) is 23.9 Å². The number of halogens is 3. The third-order valence-corrected chi connectivity index (χ3v) is 7.62. The van der Waals surface area contributed by atoms with Gasteiger partial charge < -0.3 is 19.6 Å². The number of amidine groups is 1. The minimum atomic E-state index is -4.45. The smallest absolute Gasteiger partial charge is 0.412 e. The molecule has 2 aromatic carbocycles. The van der Waals surface area contributed by atoms with Crippen LogP contribution >= 0.6 is 36.4 Å². The first-order valence-electron chi connectivity index (χ1n) is 12.0. The number of nitrogen functional groups attached to an aromatic ring is 1. The van der Waals surface area contributed by atoms with Crippen LogP contribution in [0.5, 0.6) is 5.75 Å². The minimum Gasteiger partial charge on any atom is -0.489 e. The Hall–Kier alpha value is -2.50. The zero-order valence-corrected chi connectivity index (χ0v) is 25.2. The summed E-state index contributed by atoms with van der Waals surface area (Å²) < 4.78 is 37.4. The number of carbonyl (C=O) groups is 1. The maximum Gasteiger partial charge on any atom is 0.412 e. The molecule has 0 atom stereocenters. The summed E-state index contributed by atoms with van der Waals surface area (Å²) in [7, 11) is -4.45. The monoisotopic (exact) mass is 620 g/mol. The molecule has 39 heavy (non-hydrogen) atoms. The fraction of sp³-hybridized carbons (Fsp3) is 0.385. The van der Waals surface area contributed by atoms with E-state index in [1.54, 1.807) is 48.6 Å². The van der Waals surface area contributed by atoms with E-state index in [9.17, 15) is 13.2 Å².